The summed E-state index contributed by atoms with van der Waals surface area (Å²) < 4.78 is 0.688. The lowest BCUT2D eigenvalue weighted by Crippen LogP contribution is -2.06. The van der Waals surface area contributed by atoms with Crippen LogP contribution in [0.3, 0.4) is 0 Å². The highest BCUT2D eigenvalue weighted by Crippen LogP contribution is 2.22. The van der Waals surface area contributed by atoms with Gasteiger partial charge in [0, 0.05) is 22.3 Å². The van der Waals surface area contributed by atoms with Crippen LogP contribution in [0.15, 0.2) is 59.3 Å². The van der Waals surface area contributed by atoms with E-state index in [-0.39, 0.29) is 5.78 Å². The van der Waals surface area contributed by atoms with E-state index in [1.54, 1.807) is 30.6 Å². The standard InChI is InChI=1S/C15H9BrN2O/c16-12-7-3-9-18-14(12)15(19)11-6-1-4-10-5-2-8-17-13(10)11/h1-9H. The Labute approximate surface area is 118 Å². The first-order valence-electron chi connectivity index (χ1n) is 5.76. The molecular weight excluding hydrogens is 304 g/mol. The molecule has 0 fully saturated rings. The summed E-state index contributed by atoms with van der Waals surface area (Å²) in [5.41, 5.74) is 1.67. The molecule has 0 spiro atoms. The zero-order chi connectivity index (χ0) is 13.2. The van der Waals surface area contributed by atoms with Gasteiger partial charge in [0.05, 0.1) is 11.1 Å². The number of rotatable bonds is 2. The van der Waals surface area contributed by atoms with E-state index < -0.39 is 0 Å². The quantitative estimate of drug-likeness (QED) is 0.679. The van der Waals surface area contributed by atoms with Gasteiger partial charge >= 0.3 is 0 Å². The van der Waals surface area contributed by atoms with Crippen LogP contribution in [0, 0.1) is 0 Å². The first-order chi connectivity index (χ1) is 9.27. The van der Waals surface area contributed by atoms with E-state index in [0.29, 0.717) is 21.2 Å². The zero-order valence-electron chi connectivity index (χ0n) is 9.88. The number of pyridine rings is 2. The van der Waals surface area contributed by atoms with Crippen molar-refractivity contribution >= 4 is 32.6 Å². The summed E-state index contributed by atoms with van der Waals surface area (Å²) in [5.74, 6) is -0.128. The van der Waals surface area contributed by atoms with Gasteiger partial charge in [-0.05, 0) is 40.2 Å². The lowest BCUT2D eigenvalue weighted by molar-refractivity contribution is 0.103. The fourth-order valence-corrected chi connectivity index (χ4v) is 2.40. The predicted octanol–water partition coefficient (Wildman–Crippen LogP) is 3.62. The summed E-state index contributed by atoms with van der Waals surface area (Å²) in [6.45, 7) is 0. The molecule has 0 amide bonds. The highest BCUT2D eigenvalue weighted by molar-refractivity contribution is 9.10. The van der Waals surface area contributed by atoms with Crippen molar-refractivity contribution in [3.8, 4) is 0 Å². The number of fused-ring (bicyclic) bond motifs is 1. The number of para-hydroxylation sites is 1. The third-order valence-electron chi connectivity index (χ3n) is 2.85. The molecule has 0 saturated heterocycles. The SMILES string of the molecule is O=C(c1ncccc1Br)c1cccc2cccnc12. The molecule has 0 N–H and O–H groups in total. The second-order valence-corrected chi connectivity index (χ2v) is 4.90. The molecule has 4 heteroatoms. The third kappa shape index (κ3) is 2.15. The normalized spacial score (nSPS) is 10.6. The number of benzene rings is 1. The Hall–Kier alpha value is -2.07. The van der Waals surface area contributed by atoms with Gasteiger partial charge in [0.15, 0.2) is 0 Å². The predicted molar refractivity (Wildman–Crippen MR) is 77.1 cm³/mol. The minimum absolute atomic E-state index is 0.128. The van der Waals surface area contributed by atoms with Gasteiger partial charge in [-0.25, -0.2) is 0 Å². The molecule has 3 aromatic rings. The molecule has 92 valence electrons. The van der Waals surface area contributed by atoms with E-state index in [1.807, 2.05) is 24.3 Å². The maximum atomic E-state index is 12.5. The number of hydrogen-bond donors (Lipinski definition) is 0. The van der Waals surface area contributed by atoms with Crippen LogP contribution >= 0.6 is 15.9 Å². The van der Waals surface area contributed by atoms with E-state index in [4.69, 9.17) is 0 Å². The van der Waals surface area contributed by atoms with E-state index in [1.165, 1.54) is 0 Å². The number of carbonyl (C=O) groups excluding carboxylic acids is 1. The number of nitrogens with zero attached hydrogens (tertiary/aromatic N) is 2. The topological polar surface area (TPSA) is 42.9 Å². The maximum absolute atomic E-state index is 12.5. The van der Waals surface area contributed by atoms with Crippen LogP contribution in [0.4, 0.5) is 0 Å². The smallest absolute Gasteiger partial charge is 0.214 e. The Kier molecular flexibility index (Phi) is 3.09. The molecular formula is C15H9BrN2O. The van der Waals surface area contributed by atoms with E-state index >= 15 is 0 Å². The van der Waals surface area contributed by atoms with Crippen molar-refractivity contribution in [2.45, 2.75) is 0 Å². The van der Waals surface area contributed by atoms with Crippen LogP contribution in [0.5, 0.6) is 0 Å². The molecule has 0 aliphatic heterocycles. The van der Waals surface area contributed by atoms with Crippen molar-refractivity contribution in [3.63, 3.8) is 0 Å². The summed E-state index contributed by atoms with van der Waals surface area (Å²) in [7, 11) is 0. The van der Waals surface area contributed by atoms with Gasteiger partial charge in [0.25, 0.3) is 0 Å². The Bertz CT molecular complexity index is 765. The van der Waals surface area contributed by atoms with Gasteiger partial charge in [-0.15, -0.1) is 0 Å². The van der Waals surface area contributed by atoms with Gasteiger partial charge in [-0.2, -0.15) is 0 Å². The average Bonchev–Trinajstić information content (AvgIpc) is 2.46. The second kappa shape index (κ2) is 4.90. The molecule has 2 aromatic heterocycles. The van der Waals surface area contributed by atoms with Crippen molar-refractivity contribution in [1.82, 2.24) is 9.97 Å². The molecule has 0 bridgehead atoms. The van der Waals surface area contributed by atoms with Crippen molar-refractivity contribution in [2.24, 2.45) is 0 Å². The summed E-state index contributed by atoms with van der Waals surface area (Å²) in [6.07, 6.45) is 3.29. The van der Waals surface area contributed by atoms with Crippen LogP contribution in [0.1, 0.15) is 16.1 Å². The third-order valence-corrected chi connectivity index (χ3v) is 3.49. The van der Waals surface area contributed by atoms with Crippen molar-refractivity contribution < 1.29 is 4.79 Å². The fourth-order valence-electron chi connectivity index (χ4n) is 1.97. The molecule has 1 aromatic carbocycles. The lowest BCUT2D eigenvalue weighted by Gasteiger charge is -2.05. The molecule has 0 aliphatic carbocycles. The monoisotopic (exact) mass is 312 g/mol. The lowest BCUT2D eigenvalue weighted by atomic mass is 10.0. The van der Waals surface area contributed by atoms with Crippen molar-refractivity contribution in [1.29, 1.82) is 0 Å². The Morgan fingerprint density at radius 3 is 2.53 bits per heavy atom. The summed E-state index contributed by atoms with van der Waals surface area (Å²) in [6, 6.07) is 12.9. The molecule has 0 aliphatic rings. The molecule has 0 saturated carbocycles. The second-order valence-electron chi connectivity index (χ2n) is 4.04. The molecule has 19 heavy (non-hydrogen) atoms. The Morgan fingerprint density at radius 2 is 1.68 bits per heavy atom. The first kappa shape index (κ1) is 12.0. The number of halogens is 1. The van der Waals surface area contributed by atoms with E-state index in [2.05, 4.69) is 25.9 Å². The van der Waals surface area contributed by atoms with Gasteiger partial charge in [0.1, 0.15) is 5.69 Å². The van der Waals surface area contributed by atoms with Crippen LogP contribution in [0.25, 0.3) is 10.9 Å². The first-order valence-corrected chi connectivity index (χ1v) is 6.55. The Morgan fingerprint density at radius 1 is 0.947 bits per heavy atom. The van der Waals surface area contributed by atoms with Gasteiger partial charge < -0.3 is 0 Å². The number of ketones is 1. The summed E-state index contributed by atoms with van der Waals surface area (Å²) >= 11 is 3.35. The van der Waals surface area contributed by atoms with Gasteiger partial charge in [-0.1, -0.05) is 18.2 Å². The van der Waals surface area contributed by atoms with Gasteiger partial charge in [-0.3, -0.25) is 14.8 Å². The highest BCUT2D eigenvalue weighted by Gasteiger charge is 2.16. The zero-order valence-corrected chi connectivity index (χ0v) is 11.5. The highest BCUT2D eigenvalue weighted by atomic mass is 79.9. The van der Waals surface area contributed by atoms with E-state index in [0.717, 1.165) is 5.39 Å². The number of hydrogen-bond acceptors (Lipinski definition) is 3. The van der Waals surface area contributed by atoms with Crippen LogP contribution in [0.2, 0.25) is 0 Å². The van der Waals surface area contributed by atoms with Gasteiger partial charge in [0.2, 0.25) is 5.78 Å². The summed E-state index contributed by atoms with van der Waals surface area (Å²) in [5, 5.41) is 0.945. The van der Waals surface area contributed by atoms with Crippen LogP contribution in [-0.2, 0) is 0 Å². The minimum atomic E-state index is -0.128. The molecule has 2 heterocycles. The molecule has 0 atom stereocenters. The van der Waals surface area contributed by atoms with E-state index in [9.17, 15) is 4.79 Å². The minimum Gasteiger partial charge on any atom is -0.287 e. The van der Waals surface area contributed by atoms with Crippen LogP contribution in [-0.4, -0.2) is 15.8 Å². The van der Waals surface area contributed by atoms with Crippen LogP contribution < -0.4 is 0 Å². The van der Waals surface area contributed by atoms with Crippen molar-refractivity contribution in [2.75, 3.05) is 0 Å². The molecule has 3 rings (SSSR count). The summed E-state index contributed by atoms with van der Waals surface area (Å²) in [4.78, 5) is 21.0. The Balaban J connectivity index is 2.20. The maximum Gasteiger partial charge on any atom is 0.214 e. The average molecular weight is 313 g/mol. The van der Waals surface area contributed by atoms with Crippen molar-refractivity contribution in [3.05, 3.63) is 70.6 Å². The molecule has 3 nitrogen and oxygen atoms in total. The molecule has 0 unspecified atom stereocenters. The molecule has 0 radical (unpaired) electrons. The number of carbonyl (C=O) groups is 1. The fraction of sp³-hybridized carbons (Fsp3) is 0. The number of aromatic nitrogens is 2. The largest absolute Gasteiger partial charge is 0.287 e.